The van der Waals surface area contributed by atoms with Crippen molar-refractivity contribution in [3.63, 3.8) is 0 Å². The first kappa shape index (κ1) is 13.4. The van der Waals surface area contributed by atoms with E-state index in [1.54, 1.807) is 0 Å². The summed E-state index contributed by atoms with van der Waals surface area (Å²) in [5.41, 5.74) is 0. The van der Waals surface area contributed by atoms with E-state index in [0.29, 0.717) is 24.9 Å². The molecule has 0 radical (unpaired) electrons. The Morgan fingerprint density at radius 2 is 1.95 bits per heavy atom. The number of hydrogen-bond donors (Lipinski definition) is 1. The fourth-order valence-electron chi connectivity index (χ4n) is 3.58. The zero-order valence-corrected chi connectivity index (χ0v) is 12.0. The second kappa shape index (κ2) is 5.05. The Labute approximate surface area is 114 Å². The second-order valence-corrected chi connectivity index (χ2v) is 8.47. The van der Waals surface area contributed by atoms with E-state index in [1.807, 2.05) is 4.90 Å². The SMILES string of the molecule is O=C(CC1CCS(=O)(=O)C1)N1CCC2CCC(C1)N2. The molecule has 3 aliphatic heterocycles. The van der Waals surface area contributed by atoms with Crippen LogP contribution in [0, 0.1) is 5.92 Å². The van der Waals surface area contributed by atoms with E-state index < -0.39 is 9.84 Å². The molecule has 1 amide bonds. The summed E-state index contributed by atoms with van der Waals surface area (Å²) in [6.07, 6.45) is 4.49. The molecule has 3 rings (SSSR count). The van der Waals surface area contributed by atoms with Crippen molar-refractivity contribution in [2.24, 2.45) is 5.92 Å². The number of rotatable bonds is 2. The predicted molar refractivity (Wildman–Crippen MR) is 72.5 cm³/mol. The van der Waals surface area contributed by atoms with Gasteiger partial charge in [0.2, 0.25) is 5.91 Å². The Bertz CT molecular complexity index is 463. The van der Waals surface area contributed by atoms with Gasteiger partial charge in [-0.05, 0) is 31.6 Å². The van der Waals surface area contributed by atoms with Crippen molar-refractivity contribution < 1.29 is 13.2 Å². The monoisotopic (exact) mass is 286 g/mol. The van der Waals surface area contributed by atoms with E-state index in [0.717, 1.165) is 25.9 Å². The Hall–Kier alpha value is -0.620. The molecule has 3 saturated heterocycles. The molecule has 2 bridgehead atoms. The Morgan fingerprint density at radius 1 is 1.16 bits per heavy atom. The minimum absolute atomic E-state index is 0.0471. The largest absolute Gasteiger partial charge is 0.341 e. The highest BCUT2D eigenvalue weighted by atomic mass is 32.2. The van der Waals surface area contributed by atoms with Crippen LogP contribution in [0.4, 0.5) is 0 Å². The van der Waals surface area contributed by atoms with E-state index in [2.05, 4.69) is 5.32 Å². The first-order chi connectivity index (χ1) is 9.02. The number of amides is 1. The van der Waals surface area contributed by atoms with Crippen molar-refractivity contribution in [2.75, 3.05) is 24.6 Å². The van der Waals surface area contributed by atoms with E-state index >= 15 is 0 Å². The molecule has 3 unspecified atom stereocenters. The lowest BCUT2D eigenvalue weighted by Gasteiger charge is -2.25. The van der Waals surface area contributed by atoms with E-state index in [1.165, 1.54) is 6.42 Å². The molecule has 1 N–H and O–H groups in total. The van der Waals surface area contributed by atoms with E-state index in [-0.39, 0.29) is 23.3 Å². The fourth-order valence-corrected chi connectivity index (χ4v) is 5.44. The first-order valence-electron chi connectivity index (χ1n) is 7.26. The van der Waals surface area contributed by atoms with Crippen LogP contribution < -0.4 is 5.32 Å². The smallest absolute Gasteiger partial charge is 0.222 e. The van der Waals surface area contributed by atoms with Crippen LogP contribution >= 0.6 is 0 Å². The fraction of sp³-hybridized carbons (Fsp3) is 0.923. The number of hydrogen-bond acceptors (Lipinski definition) is 4. The quantitative estimate of drug-likeness (QED) is 0.785. The van der Waals surface area contributed by atoms with Crippen molar-refractivity contribution in [2.45, 2.75) is 44.2 Å². The molecule has 0 aliphatic carbocycles. The summed E-state index contributed by atoms with van der Waals surface area (Å²) >= 11 is 0. The summed E-state index contributed by atoms with van der Waals surface area (Å²) < 4.78 is 22.8. The van der Waals surface area contributed by atoms with Crippen LogP contribution in [0.15, 0.2) is 0 Å². The maximum absolute atomic E-state index is 12.3. The summed E-state index contributed by atoms with van der Waals surface area (Å²) in [5.74, 6) is 0.663. The van der Waals surface area contributed by atoms with Gasteiger partial charge in [-0.15, -0.1) is 0 Å². The molecule has 6 heteroatoms. The normalized spacial score (nSPS) is 37.3. The van der Waals surface area contributed by atoms with Crippen LogP contribution in [0.5, 0.6) is 0 Å². The van der Waals surface area contributed by atoms with E-state index in [4.69, 9.17) is 0 Å². The van der Waals surface area contributed by atoms with Gasteiger partial charge < -0.3 is 10.2 Å². The molecule has 0 spiro atoms. The summed E-state index contributed by atoms with van der Waals surface area (Å²) in [6.45, 7) is 1.63. The Kier molecular flexibility index (Phi) is 3.55. The van der Waals surface area contributed by atoms with Crippen molar-refractivity contribution in [3.05, 3.63) is 0 Å². The van der Waals surface area contributed by atoms with Crippen LogP contribution in [-0.2, 0) is 14.6 Å². The highest BCUT2D eigenvalue weighted by molar-refractivity contribution is 7.91. The number of carbonyl (C=O) groups is 1. The molecule has 0 aromatic rings. The summed E-state index contributed by atoms with van der Waals surface area (Å²) in [5, 5.41) is 3.55. The van der Waals surface area contributed by atoms with Gasteiger partial charge in [-0.2, -0.15) is 0 Å². The minimum Gasteiger partial charge on any atom is -0.341 e. The number of sulfone groups is 1. The zero-order chi connectivity index (χ0) is 13.5. The molecule has 0 aromatic carbocycles. The van der Waals surface area contributed by atoms with Crippen molar-refractivity contribution in [3.8, 4) is 0 Å². The van der Waals surface area contributed by atoms with Gasteiger partial charge in [0.25, 0.3) is 0 Å². The number of nitrogens with zero attached hydrogens (tertiary/aromatic N) is 1. The predicted octanol–water partition coefficient (Wildman–Crippen LogP) is 0.164. The highest BCUT2D eigenvalue weighted by Gasteiger charge is 2.34. The molecule has 19 heavy (non-hydrogen) atoms. The van der Waals surface area contributed by atoms with Crippen LogP contribution in [0.25, 0.3) is 0 Å². The van der Waals surface area contributed by atoms with Crippen LogP contribution in [0.1, 0.15) is 32.1 Å². The van der Waals surface area contributed by atoms with Crippen LogP contribution in [0.2, 0.25) is 0 Å². The Morgan fingerprint density at radius 3 is 2.68 bits per heavy atom. The first-order valence-corrected chi connectivity index (χ1v) is 9.08. The number of fused-ring (bicyclic) bond motifs is 2. The van der Waals surface area contributed by atoms with Crippen LogP contribution in [-0.4, -0.2) is 55.9 Å². The lowest BCUT2D eigenvalue weighted by atomic mass is 10.0. The maximum Gasteiger partial charge on any atom is 0.222 e. The number of carbonyl (C=O) groups excluding carboxylic acids is 1. The molecule has 5 nitrogen and oxygen atoms in total. The van der Waals surface area contributed by atoms with Gasteiger partial charge in [0.1, 0.15) is 0 Å². The molecular formula is C13H22N2O3S. The molecule has 0 saturated carbocycles. The third-order valence-electron chi connectivity index (χ3n) is 4.67. The molecule has 3 fully saturated rings. The van der Waals surface area contributed by atoms with E-state index in [9.17, 15) is 13.2 Å². The van der Waals surface area contributed by atoms with Gasteiger partial charge in [-0.3, -0.25) is 4.79 Å². The standard InChI is InChI=1S/C13H22N2O3S/c16-13(7-10-4-6-19(17,18)9-10)15-5-3-11-1-2-12(8-15)14-11/h10-12,14H,1-9H2. The van der Waals surface area contributed by atoms with Gasteiger partial charge in [-0.1, -0.05) is 0 Å². The van der Waals surface area contributed by atoms with Gasteiger partial charge in [0.15, 0.2) is 9.84 Å². The topological polar surface area (TPSA) is 66.5 Å². The van der Waals surface area contributed by atoms with Crippen molar-refractivity contribution in [1.82, 2.24) is 10.2 Å². The molecule has 3 heterocycles. The maximum atomic E-state index is 12.3. The molecule has 3 aliphatic rings. The lowest BCUT2D eigenvalue weighted by molar-refractivity contribution is -0.132. The average molecular weight is 286 g/mol. The second-order valence-electron chi connectivity index (χ2n) is 6.24. The molecule has 108 valence electrons. The average Bonchev–Trinajstić information content (AvgIpc) is 2.81. The summed E-state index contributed by atoms with van der Waals surface area (Å²) in [4.78, 5) is 14.2. The van der Waals surface area contributed by atoms with Gasteiger partial charge >= 0.3 is 0 Å². The van der Waals surface area contributed by atoms with Crippen molar-refractivity contribution in [1.29, 1.82) is 0 Å². The van der Waals surface area contributed by atoms with Gasteiger partial charge in [0, 0.05) is 31.6 Å². The van der Waals surface area contributed by atoms with Crippen LogP contribution in [0.3, 0.4) is 0 Å². The third-order valence-corrected chi connectivity index (χ3v) is 6.50. The molecule has 3 atom stereocenters. The number of likely N-dealkylation sites (tertiary alicyclic amines) is 1. The minimum atomic E-state index is -2.87. The summed E-state index contributed by atoms with van der Waals surface area (Å²) in [6, 6.07) is 1.03. The number of nitrogens with one attached hydrogen (secondary N) is 1. The Balaban J connectivity index is 1.55. The highest BCUT2D eigenvalue weighted by Crippen LogP contribution is 2.25. The van der Waals surface area contributed by atoms with Gasteiger partial charge in [0.05, 0.1) is 11.5 Å². The van der Waals surface area contributed by atoms with Crippen molar-refractivity contribution >= 4 is 15.7 Å². The molecule has 0 aromatic heterocycles. The lowest BCUT2D eigenvalue weighted by Crippen LogP contribution is -2.39. The van der Waals surface area contributed by atoms with Gasteiger partial charge in [-0.25, -0.2) is 8.42 Å². The third kappa shape index (κ3) is 3.11. The zero-order valence-electron chi connectivity index (χ0n) is 11.2. The summed E-state index contributed by atoms with van der Waals surface area (Å²) in [7, 11) is -2.87. The molecular weight excluding hydrogens is 264 g/mol.